The predicted octanol–water partition coefficient (Wildman–Crippen LogP) is 3.42. The van der Waals surface area contributed by atoms with Crippen molar-refractivity contribution in [2.75, 3.05) is 24.6 Å². The third-order valence-corrected chi connectivity index (χ3v) is 5.39. The van der Waals surface area contributed by atoms with Gasteiger partial charge in [-0.25, -0.2) is 0 Å². The van der Waals surface area contributed by atoms with Crippen LogP contribution in [0, 0.1) is 0 Å². The molecule has 2 N–H and O–H groups in total. The van der Waals surface area contributed by atoms with Gasteiger partial charge in [0.2, 0.25) is 0 Å². The summed E-state index contributed by atoms with van der Waals surface area (Å²) in [5.74, 6) is 2.44. The smallest absolute Gasteiger partial charge is 0.0473 e. The number of benzene rings is 1. The van der Waals surface area contributed by atoms with E-state index in [9.17, 15) is 0 Å². The summed E-state index contributed by atoms with van der Waals surface area (Å²) in [4.78, 5) is 2.57. The molecule has 1 aliphatic heterocycles. The van der Waals surface area contributed by atoms with Crippen molar-refractivity contribution in [1.29, 1.82) is 0 Å². The normalized spacial score (nSPS) is 22.8. The van der Waals surface area contributed by atoms with Gasteiger partial charge in [0, 0.05) is 36.7 Å². The van der Waals surface area contributed by atoms with E-state index in [4.69, 9.17) is 5.73 Å². The van der Waals surface area contributed by atoms with Crippen molar-refractivity contribution in [3.8, 4) is 0 Å². The molecule has 0 bridgehead atoms. The van der Waals surface area contributed by atoms with Crippen LogP contribution in [0.3, 0.4) is 0 Å². The van der Waals surface area contributed by atoms with Crippen LogP contribution in [-0.2, 0) is 5.41 Å². The first-order valence-electron chi connectivity index (χ1n) is 7.57. The maximum atomic E-state index is 6.07. The fourth-order valence-corrected chi connectivity index (χ4v) is 3.91. The van der Waals surface area contributed by atoms with E-state index in [1.54, 1.807) is 0 Å². The lowest BCUT2D eigenvalue weighted by Crippen LogP contribution is -2.45. The molecular formula is C17H28N2S. The molecule has 1 saturated heterocycles. The molecule has 112 valence electrons. The van der Waals surface area contributed by atoms with E-state index >= 15 is 0 Å². The number of rotatable bonds is 3. The molecule has 2 atom stereocenters. The Labute approximate surface area is 128 Å². The summed E-state index contributed by atoms with van der Waals surface area (Å²) in [5.41, 5.74) is 9.04. The first-order chi connectivity index (χ1) is 9.43. The number of nitrogens with zero attached hydrogens (tertiary/aromatic N) is 1. The summed E-state index contributed by atoms with van der Waals surface area (Å²) in [7, 11) is 0. The van der Waals surface area contributed by atoms with Gasteiger partial charge < -0.3 is 5.73 Å². The molecule has 2 rings (SSSR count). The zero-order valence-corrected chi connectivity index (χ0v) is 14.0. The molecule has 20 heavy (non-hydrogen) atoms. The molecule has 1 heterocycles. The van der Waals surface area contributed by atoms with E-state index in [1.807, 2.05) is 0 Å². The van der Waals surface area contributed by atoms with E-state index in [0.29, 0.717) is 18.6 Å². The van der Waals surface area contributed by atoms with Gasteiger partial charge >= 0.3 is 0 Å². The Kier molecular flexibility index (Phi) is 5.16. The second-order valence-electron chi connectivity index (χ2n) is 6.79. The molecule has 0 radical (unpaired) electrons. The SMILES string of the molecule is CC1CSCCN1C(CN)c1ccc(C(C)(C)C)cc1. The highest BCUT2D eigenvalue weighted by Crippen LogP contribution is 2.29. The Morgan fingerprint density at radius 2 is 1.95 bits per heavy atom. The molecular weight excluding hydrogens is 264 g/mol. The monoisotopic (exact) mass is 292 g/mol. The maximum Gasteiger partial charge on any atom is 0.0473 e. The Balaban J connectivity index is 2.19. The Morgan fingerprint density at radius 1 is 1.30 bits per heavy atom. The van der Waals surface area contributed by atoms with Crippen LogP contribution in [0.2, 0.25) is 0 Å². The average molecular weight is 292 g/mol. The maximum absolute atomic E-state index is 6.07. The molecule has 1 aliphatic rings. The van der Waals surface area contributed by atoms with Crippen LogP contribution in [0.4, 0.5) is 0 Å². The van der Waals surface area contributed by atoms with Gasteiger partial charge in [0.15, 0.2) is 0 Å². The fraction of sp³-hybridized carbons (Fsp3) is 0.647. The van der Waals surface area contributed by atoms with E-state index in [2.05, 4.69) is 68.6 Å². The van der Waals surface area contributed by atoms with Crippen molar-refractivity contribution in [2.45, 2.75) is 45.2 Å². The highest BCUT2D eigenvalue weighted by molar-refractivity contribution is 7.99. The molecule has 0 spiro atoms. The molecule has 0 amide bonds. The van der Waals surface area contributed by atoms with Crippen LogP contribution in [-0.4, -0.2) is 35.5 Å². The van der Waals surface area contributed by atoms with Crippen LogP contribution in [0.15, 0.2) is 24.3 Å². The van der Waals surface area contributed by atoms with Crippen molar-refractivity contribution in [2.24, 2.45) is 5.73 Å². The van der Waals surface area contributed by atoms with Gasteiger partial charge in [-0.2, -0.15) is 11.8 Å². The summed E-state index contributed by atoms with van der Waals surface area (Å²) in [6.45, 7) is 10.9. The summed E-state index contributed by atoms with van der Waals surface area (Å²) < 4.78 is 0. The molecule has 0 aromatic heterocycles. The number of nitrogens with two attached hydrogens (primary N) is 1. The van der Waals surface area contributed by atoms with Gasteiger partial charge in [-0.15, -0.1) is 0 Å². The zero-order valence-electron chi connectivity index (χ0n) is 13.2. The van der Waals surface area contributed by atoms with Gasteiger partial charge in [-0.05, 0) is 23.5 Å². The minimum absolute atomic E-state index is 0.214. The molecule has 2 nitrogen and oxygen atoms in total. The largest absolute Gasteiger partial charge is 0.329 e. The average Bonchev–Trinajstić information content (AvgIpc) is 2.41. The van der Waals surface area contributed by atoms with Crippen LogP contribution < -0.4 is 5.73 Å². The minimum atomic E-state index is 0.214. The summed E-state index contributed by atoms with van der Waals surface area (Å²) >= 11 is 2.05. The molecule has 1 fully saturated rings. The van der Waals surface area contributed by atoms with E-state index in [-0.39, 0.29) is 5.41 Å². The molecule has 0 aliphatic carbocycles. The first-order valence-corrected chi connectivity index (χ1v) is 8.73. The summed E-state index contributed by atoms with van der Waals surface area (Å²) in [6.07, 6.45) is 0. The molecule has 0 saturated carbocycles. The van der Waals surface area contributed by atoms with E-state index in [0.717, 1.165) is 6.54 Å². The second kappa shape index (κ2) is 6.50. The fourth-order valence-electron chi connectivity index (χ4n) is 2.87. The number of thioether (sulfide) groups is 1. The van der Waals surface area contributed by atoms with Crippen LogP contribution in [0.1, 0.15) is 44.9 Å². The molecule has 1 aromatic rings. The topological polar surface area (TPSA) is 29.3 Å². The van der Waals surface area contributed by atoms with Gasteiger partial charge in [-0.1, -0.05) is 45.0 Å². The predicted molar refractivity (Wildman–Crippen MR) is 90.4 cm³/mol. The van der Waals surface area contributed by atoms with Gasteiger partial charge in [0.1, 0.15) is 0 Å². The van der Waals surface area contributed by atoms with E-state index in [1.165, 1.54) is 22.6 Å². The standard InChI is InChI=1S/C17H28N2S/c1-13-12-20-10-9-19(13)16(11-18)14-5-7-15(8-6-14)17(2,3)4/h5-8,13,16H,9-12,18H2,1-4H3. The molecule has 1 aromatic carbocycles. The van der Waals surface area contributed by atoms with Gasteiger partial charge in [-0.3, -0.25) is 4.90 Å². The van der Waals surface area contributed by atoms with Gasteiger partial charge in [0.25, 0.3) is 0 Å². The third kappa shape index (κ3) is 3.57. The van der Waals surface area contributed by atoms with Crippen LogP contribution in [0.5, 0.6) is 0 Å². The Hall–Kier alpha value is -0.510. The molecule has 3 heteroatoms. The zero-order chi connectivity index (χ0) is 14.8. The number of hydrogen-bond acceptors (Lipinski definition) is 3. The first kappa shape index (κ1) is 15.9. The van der Waals surface area contributed by atoms with Crippen molar-refractivity contribution < 1.29 is 0 Å². The highest BCUT2D eigenvalue weighted by atomic mass is 32.2. The summed E-state index contributed by atoms with van der Waals surface area (Å²) in [6, 6.07) is 10.0. The lowest BCUT2D eigenvalue weighted by atomic mass is 9.86. The Bertz CT molecular complexity index is 422. The Morgan fingerprint density at radius 3 is 2.45 bits per heavy atom. The van der Waals surface area contributed by atoms with E-state index < -0.39 is 0 Å². The minimum Gasteiger partial charge on any atom is -0.329 e. The lowest BCUT2D eigenvalue weighted by Gasteiger charge is -2.39. The van der Waals surface area contributed by atoms with Crippen molar-refractivity contribution >= 4 is 11.8 Å². The highest BCUT2D eigenvalue weighted by Gasteiger charge is 2.26. The van der Waals surface area contributed by atoms with Crippen LogP contribution in [0.25, 0.3) is 0 Å². The number of hydrogen-bond donors (Lipinski definition) is 1. The third-order valence-electron chi connectivity index (χ3n) is 4.20. The second-order valence-corrected chi connectivity index (χ2v) is 7.94. The van der Waals surface area contributed by atoms with Gasteiger partial charge in [0.05, 0.1) is 0 Å². The van der Waals surface area contributed by atoms with Crippen LogP contribution >= 0.6 is 11.8 Å². The quantitative estimate of drug-likeness (QED) is 0.925. The van der Waals surface area contributed by atoms with Crippen molar-refractivity contribution in [3.63, 3.8) is 0 Å². The molecule has 2 unspecified atom stereocenters. The lowest BCUT2D eigenvalue weighted by molar-refractivity contribution is 0.166. The summed E-state index contributed by atoms with van der Waals surface area (Å²) in [5, 5.41) is 0. The van der Waals surface area contributed by atoms with Crippen molar-refractivity contribution in [1.82, 2.24) is 4.90 Å². The van der Waals surface area contributed by atoms with Crippen molar-refractivity contribution in [3.05, 3.63) is 35.4 Å².